The molecule has 0 fully saturated rings. The number of halogens is 1. The number of hydrogen-bond donors (Lipinski definition) is 1. The minimum atomic E-state index is -0.849. The van der Waals surface area contributed by atoms with Gasteiger partial charge in [0.25, 0.3) is 0 Å². The van der Waals surface area contributed by atoms with E-state index in [4.69, 9.17) is 0 Å². The fraction of sp³-hybridized carbons (Fsp3) is 0.0909. The van der Waals surface area contributed by atoms with Gasteiger partial charge in [0.2, 0.25) is 0 Å². The number of benzene rings is 3. The van der Waals surface area contributed by atoms with Crippen LogP contribution in [0.4, 0.5) is 15.8 Å². The molecule has 0 aromatic heterocycles. The second kappa shape index (κ2) is 7.77. The number of para-hydroxylation sites is 2. The highest BCUT2D eigenvalue weighted by Crippen LogP contribution is 2.33. The highest BCUT2D eigenvalue weighted by molar-refractivity contribution is 5.65. The van der Waals surface area contributed by atoms with Crippen LogP contribution in [0, 0.1) is 5.82 Å². The zero-order valence-corrected chi connectivity index (χ0v) is 13.8. The van der Waals surface area contributed by atoms with Crippen LogP contribution >= 0.6 is 0 Å². The Morgan fingerprint density at radius 2 is 1.28 bits per heavy atom. The first-order valence-electron chi connectivity index (χ1n) is 8.16. The third-order valence-electron chi connectivity index (χ3n) is 4.14. The standard InChI is InChI=1S/C22H20FNO/c1-2-21(22(25)17-13-15-18(23)16-14-17)24(19-9-5-3-6-10-19)20-11-7-4-8-12-20/h2-16,21-22,25H,1H2/t21-,22+/m0/s1. The van der Waals surface area contributed by atoms with Crippen LogP contribution < -0.4 is 4.90 Å². The van der Waals surface area contributed by atoms with Gasteiger partial charge >= 0.3 is 0 Å². The molecule has 0 amide bonds. The van der Waals surface area contributed by atoms with E-state index in [0.717, 1.165) is 11.4 Å². The molecule has 0 saturated carbocycles. The lowest BCUT2D eigenvalue weighted by molar-refractivity contribution is 0.163. The molecule has 1 N–H and O–H groups in total. The van der Waals surface area contributed by atoms with Crippen molar-refractivity contribution in [3.05, 3.63) is 109 Å². The Kier molecular flexibility index (Phi) is 5.26. The quantitative estimate of drug-likeness (QED) is 0.623. The summed E-state index contributed by atoms with van der Waals surface area (Å²) in [6.45, 7) is 3.92. The summed E-state index contributed by atoms with van der Waals surface area (Å²) in [4.78, 5) is 2.03. The van der Waals surface area contributed by atoms with Gasteiger partial charge in [0.1, 0.15) is 11.9 Å². The van der Waals surface area contributed by atoms with Crippen molar-refractivity contribution in [2.24, 2.45) is 0 Å². The Labute approximate surface area is 147 Å². The zero-order chi connectivity index (χ0) is 17.6. The van der Waals surface area contributed by atoms with Gasteiger partial charge in [-0.1, -0.05) is 54.6 Å². The smallest absolute Gasteiger partial charge is 0.123 e. The van der Waals surface area contributed by atoms with E-state index < -0.39 is 12.1 Å². The van der Waals surface area contributed by atoms with Gasteiger partial charge in [0.05, 0.1) is 6.04 Å². The SMILES string of the molecule is C=C[C@@H]([C@H](O)c1ccc(F)cc1)N(c1ccccc1)c1ccccc1. The number of anilines is 2. The van der Waals surface area contributed by atoms with Crippen molar-refractivity contribution in [2.45, 2.75) is 12.1 Å². The molecule has 0 bridgehead atoms. The third kappa shape index (κ3) is 3.78. The van der Waals surface area contributed by atoms with Crippen LogP contribution in [0.15, 0.2) is 97.6 Å². The average molecular weight is 333 g/mol. The minimum absolute atomic E-state index is 0.325. The molecule has 0 aliphatic heterocycles. The van der Waals surface area contributed by atoms with Gasteiger partial charge in [-0.05, 0) is 42.0 Å². The summed E-state index contributed by atoms with van der Waals surface area (Å²) in [7, 11) is 0. The molecule has 0 spiro atoms. The number of hydrogen-bond acceptors (Lipinski definition) is 2. The molecule has 0 radical (unpaired) electrons. The largest absolute Gasteiger partial charge is 0.386 e. The molecule has 0 heterocycles. The predicted octanol–water partition coefficient (Wildman–Crippen LogP) is 5.25. The van der Waals surface area contributed by atoms with Crippen LogP contribution in [0.25, 0.3) is 0 Å². The van der Waals surface area contributed by atoms with Crippen LogP contribution in [0.5, 0.6) is 0 Å². The molecule has 0 aliphatic rings. The third-order valence-corrected chi connectivity index (χ3v) is 4.14. The van der Waals surface area contributed by atoms with Gasteiger partial charge < -0.3 is 10.0 Å². The van der Waals surface area contributed by atoms with Crippen LogP contribution in [-0.2, 0) is 0 Å². The molecule has 3 heteroatoms. The van der Waals surface area contributed by atoms with Gasteiger partial charge in [-0.3, -0.25) is 0 Å². The van der Waals surface area contributed by atoms with E-state index in [0.29, 0.717) is 5.56 Å². The summed E-state index contributed by atoms with van der Waals surface area (Å²) >= 11 is 0. The van der Waals surface area contributed by atoms with Gasteiger partial charge in [0, 0.05) is 11.4 Å². The van der Waals surface area contributed by atoms with Gasteiger partial charge in [-0.2, -0.15) is 0 Å². The molecule has 3 rings (SSSR count). The number of aliphatic hydroxyl groups excluding tert-OH is 1. The summed E-state index contributed by atoms with van der Waals surface area (Å²) in [5.41, 5.74) is 2.53. The monoisotopic (exact) mass is 333 g/mol. The molecule has 126 valence electrons. The van der Waals surface area contributed by atoms with Crippen molar-refractivity contribution in [1.29, 1.82) is 0 Å². The molecule has 2 nitrogen and oxygen atoms in total. The summed E-state index contributed by atoms with van der Waals surface area (Å²) in [5.74, 6) is -0.325. The van der Waals surface area contributed by atoms with Crippen LogP contribution in [0.1, 0.15) is 11.7 Å². The fourth-order valence-electron chi connectivity index (χ4n) is 2.90. The highest BCUT2D eigenvalue weighted by Gasteiger charge is 2.26. The van der Waals surface area contributed by atoms with Crippen molar-refractivity contribution >= 4 is 11.4 Å². The zero-order valence-electron chi connectivity index (χ0n) is 13.8. The molecule has 0 saturated heterocycles. The van der Waals surface area contributed by atoms with Gasteiger partial charge in [-0.15, -0.1) is 6.58 Å². The van der Waals surface area contributed by atoms with Crippen LogP contribution in [0.2, 0.25) is 0 Å². The molecule has 25 heavy (non-hydrogen) atoms. The van der Waals surface area contributed by atoms with Crippen molar-refractivity contribution in [3.63, 3.8) is 0 Å². The van der Waals surface area contributed by atoms with Gasteiger partial charge in [-0.25, -0.2) is 4.39 Å². The first kappa shape index (κ1) is 16.9. The normalized spacial score (nSPS) is 13.0. The Bertz CT molecular complexity index is 763. The maximum Gasteiger partial charge on any atom is 0.123 e. The Morgan fingerprint density at radius 3 is 1.72 bits per heavy atom. The van der Waals surface area contributed by atoms with Gasteiger partial charge in [0.15, 0.2) is 0 Å². The fourth-order valence-corrected chi connectivity index (χ4v) is 2.90. The lowest BCUT2D eigenvalue weighted by Crippen LogP contribution is -2.34. The summed E-state index contributed by atoms with van der Waals surface area (Å²) < 4.78 is 13.2. The van der Waals surface area contributed by atoms with E-state index in [1.165, 1.54) is 12.1 Å². The Balaban J connectivity index is 2.03. The second-order valence-electron chi connectivity index (χ2n) is 5.76. The summed E-state index contributed by atoms with van der Waals surface area (Å²) in [6.07, 6.45) is 0.868. The number of nitrogens with zero attached hydrogens (tertiary/aromatic N) is 1. The highest BCUT2D eigenvalue weighted by atomic mass is 19.1. The molecular weight excluding hydrogens is 313 g/mol. The number of aliphatic hydroxyl groups is 1. The van der Waals surface area contributed by atoms with Crippen molar-refractivity contribution in [1.82, 2.24) is 0 Å². The minimum Gasteiger partial charge on any atom is -0.386 e. The number of rotatable bonds is 6. The summed E-state index contributed by atoms with van der Waals surface area (Å²) in [5, 5.41) is 10.9. The Morgan fingerprint density at radius 1 is 0.800 bits per heavy atom. The molecular formula is C22H20FNO. The van der Waals surface area contributed by atoms with E-state index >= 15 is 0 Å². The predicted molar refractivity (Wildman–Crippen MR) is 100 cm³/mol. The Hall–Kier alpha value is -2.91. The molecule has 3 aromatic rings. The van der Waals surface area contributed by atoms with E-state index in [1.54, 1.807) is 18.2 Å². The van der Waals surface area contributed by atoms with E-state index in [9.17, 15) is 9.50 Å². The summed E-state index contributed by atoms with van der Waals surface area (Å²) in [6, 6.07) is 25.2. The van der Waals surface area contributed by atoms with Crippen molar-refractivity contribution in [3.8, 4) is 0 Å². The molecule has 2 atom stereocenters. The molecule has 3 aromatic carbocycles. The van der Waals surface area contributed by atoms with Crippen molar-refractivity contribution in [2.75, 3.05) is 4.90 Å². The first-order valence-corrected chi connectivity index (χ1v) is 8.16. The average Bonchev–Trinajstić information content (AvgIpc) is 2.67. The molecule has 0 aliphatic carbocycles. The molecule has 0 unspecified atom stereocenters. The first-order chi connectivity index (χ1) is 12.2. The van der Waals surface area contributed by atoms with Crippen LogP contribution in [0.3, 0.4) is 0 Å². The van der Waals surface area contributed by atoms with E-state index in [1.807, 2.05) is 65.6 Å². The van der Waals surface area contributed by atoms with E-state index in [-0.39, 0.29) is 5.82 Å². The van der Waals surface area contributed by atoms with Crippen LogP contribution in [-0.4, -0.2) is 11.1 Å². The van der Waals surface area contributed by atoms with Crippen molar-refractivity contribution < 1.29 is 9.50 Å². The maximum absolute atomic E-state index is 13.2. The topological polar surface area (TPSA) is 23.5 Å². The lowest BCUT2D eigenvalue weighted by atomic mass is 9.99. The maximum atomic E-state index is 13.2. The van der Waals surface area contributed by atoms with E-state index in [2.05, 4.69) is 6.58 Å². The second-order valence-corrected chi connectivity index (χ2v) is 5.76. The lowest BCUT2D eigenvalue weighted by Gasteiger charge is -2.35.